The normalized spacial score (nSPS) is 18.1. The molecule has 1 fully saturated rings. The smallest absolute Gasteiger partial charge is 0.406 e. The number of aromatic nitrogens is 1. The van der Waals surface area contributed by atoms with E-state index >= 15 is 0 Å². The van der Waals surface area contributed by atoms with Crippen molar-refractivity contribution in [1.29, 1.82) is 0 Å². The van der Waals surface area contributed by atoms with Crippen molar-refractivity contribution in [2.24, 2.45) is 5.14 Å². The number of nitrogens with one attached hydrogen (secondary N) is 1. The molecule has 3 rings (SSSR count). The third kappa shape index (κ3) is 5.95. The molecule has 1 atom stereocenters. The van der Waals surface area contributed by atoms with Gasteiger partial charge in [0, 0.05) is 31.0 Å². The van der Waals surface area contributed by atoms with E-state index in [2.05, 4.69) is 19.3 Å². The summed E-state index contributed by atoms with van der Waals surface area (Å²) >= 11 is 0. The van der Waals surface area contributed by atoms with Crippen LogP contribution in [0.3, 0.4) is 0 Å². The quantitative estimate of drug-likeness (QED) is 0.728. The molecule has 1 aromatic heterocycles. The molecule has 0 saturated carbocycles. The number of hydrogen-bond acceptors (Lipinski definition) is 6. The van der Waals surface area contributed by atoms with Crippen molar-refractivity contribution in [3.05, 3.63) is 48.3 Å². The van der Waals surface area contributed by atoms with E-state index in [-0.39, 0.29) is 11.8 Å². The molecule has 29 heavy (non-hydrogen) atoms. The lowest BCUT2D eigenvalue weighted by molar-refractivity contribution is -0.274. The van der Waals surface area contributed by atoms with Crippen molar-refractivity contribution in [3.63, 3.8) is 0 Å². The van der Waals surface area contributed by atoms with E-state index in [0.29, 0.717) is 31.0 Å². The Kier molecular flexibility index (Phi) is 5.87. The van der Waals surface area contributed by atoms with Crippen LogP contribution in [0.15, 0.2) is 42.7 Å². The highest BCUT2D eigenvalue weighted by Gasteiger charge is 2.31. The fraction of sp³-hybridized carbons (Fsp3) is 0.353. The molecule has 0 bridgehead atoms. The van der Waals surface area contributed by atoms with E-state index in [1.165, 1.54) is 18.3 Å². The van der Waals surface area contributed by atoms with Crippen LogP contribution in [0, 0.1) is 0 Å². The Bertz CT molecular complexity index is 954. The van der Waals surface area contributed by atoms with E-state index in [0.717, 1.165) is 5.69 Å². The topological polar surface area (TPSA) is 101 Å². The number of anilines is 2. The summed E-state index contributed by atoms with van der Waals surface area (Å²) in [5.41, 5.74) is 1.76. The monoisotopic (exact) mass is 431 g/mol. The van der Waals surface area contributed by atoms with E-state index in [1.54, 1.807) is 24.4 Å². The summed E-state index contributed by atoms with van der Waals surface area (Å²) in [5.74, 6) is -0.277. The number of rotatable bonds is 6. The van der Waals surface area contributed by atoms with Gasteiger partial charge in [0.05, 0.1) is 18.6 Å². The maximum absolute atomic E-state index is 12.3. The van der Waals surface area contributed by atoms with Gasteiger partial charge >= 0.3 is 6.36 Å². The number of pyridine rings is 1. The zero-order chi connectivity index (χ0) is 21.2. The molecule has 1 aromatic carbocycles. The van der Waals surface area contributed by atoms with Crippen LogP contribution in [0.25, 0.3) is 0 Å². The highest BCUT2D eigenvalue weighted by Crippen LogP contribution is 2.28. The number of benzene rings is 1. The lowest BCUT2D eigenvalue weighted by Gasteiger charge is -2.22. The molecule has 0 spiro atoms. The van der Waals surface area contributed by atoms with Crippen LogP contribution < -0.4 is 19.5 Å². The van der Waals surface area contributed by atoms with Crippen molar-refractivity contribution in [3.8, 4) is 5.75 Å². The molecule has 1 aliphatic rings. The van der Waals surface area contributed by atoms with Gasteiger partial charge < -0.3 is 9.64 Å². The van der Waals surface area contributed by atoms with Gasteiger partial charge in [-0.25, -0.2) is 5.14 Å². The average Bonchev–Trinajstić information content (AvgIpc) is 2.95. The fourth-order valence-corrected chi connectivity index (χ4v) is 3.62. The number of hydrogen-bond donors (Lipinski definition) is 2. The molecule has 1 aliphatic heterocycles. The van der Waals surface area contributed by atoms with Gasteiger partial charge in [-0.05, 0) is 42.8 Å². The lowest BCUT2D eigenvalue weighted by Crippen LogP contribution is -2.29. The first kappa shape index (κ1) is 21.1. The third-order valence-corrected chi connectivity index (χ3v) is 4.94. The first-order chi connectivity index (χ1) is 13.5. The Balaban J connectivity index is 1.69. The standard InChI is InChI=1S/C17H20F3N5O3S/c1-12-9-25(14-2-4-15(5-3-14)28-17(18,19)20)11-24(12)10-13-6-7-22-8-16(13)23-29(21,26)27/h2-8,12,23H,9-11H2,1H3,(H2,21,26,27). The zero-order valence-electron chi connectivity index (χ0n) is 15.4. The first-order valence-corrected chi connectivity index (χ1v) is 10.1. The van der Waals surface area contributed by atoms with Crippen molar-refractivity contribution in [2.45, 2.75) is 25.9 Å². The van der Waals surface area contributed by atoms with Gasteiger partial charge in [-0.2, -0.15) is 8.42 Å². The van der Waals surface area contributed by atoms with Crippen molar-refractivity contribution in [1.82, 2.24) is 9.88 Å². The molecule has 2 heterocycles. The van der Waals surface area contributed by atoms with Crippen LogP contribution in [0.4, 0.5) is 24.5 Å². The van der Waals surface area contributed by atoms with Gasteiger partial charge in [0.2, 0.25) is 0 Å². The molecular formula is C17H20F3N5O3S. The minimum absolute atomic E-state index is 0.122. The SMILES string of the molecule is CC1CN(c2ccc(OC(F)(F)F)cc2)CN1Cc1ccncc1NS(N)(=O)=O. The Morgan fingerprint density at radius 2 is 1.97 bits per heavy atom. The van der Waals surface area contributed by atoms with E-state index in [1.807, 2.05) is 11.8 Å². The van der Waals surface area contributed by atoms with E-state index in [9.17, 15) is 21.6 Å². The summed E-state index contributed by atoms with van der Waals surface area (Å²) in [7, 11) is -3.93. The molecular weight excluding hydrogens is 411 g/mol. The first-order valence-electron chi connectivity index (χ1n) is 8.58. The predicted octanol–water partition coefficient (Wildman–Crippen LogP) is 2.26. The highest BCUT2D eigenvalue weighted by molar-refractivity contribution is 7.90. The van der Waals surface area contributed by atoms with Crippen molar-refractivity contribution in [2.75, 3.05) is 22.8 Å². The highest BCUT2D eigenvalue weighted by atomic mass is 32.2. The van der Waals surface area contributed by atoms with Crippen LogP contribution in [0.1, 0.15) is 12.5 Å². The number of nitrogens with zero attached hydrogens (tertiary/aromatic N) is 3. The van der Waals surface area contributed by atoms with Crippen LogP contribution in [0.2, 0.25) is 0 Å². The minimum Gasteiger partial charge on any atom is -0.406 e. The van der Waals surface area contributed by atoms with E-state index in [4.69, 9.17) is 5.14 Å². The summed E-state index contributed by atoms with van der Waals surface area (Å²) in [5, 5.41) is 5.05. The Morgan fingerprint density at radius 3 is 2.59 bits per heavy atom. The van der Waals surface area contributed by atoms with Crippen LogP contribution in [-0.2, 0) is 16.8 Å². The number of ether oxygens (including phenoxy) is 1. The minimum atomic E-state index is -4.73. The molecule has 0 amide bonds. The number of nitrogens with two attached hydrogens (primary N) is 1. The van der Waals surface area contributed by atoms with Gasteiger partial charge in [-0.1, -0.05) is 0 Å². The molecule has 0 radical (unpaired) electrons. The molecule has 0 aliphatic carbocycles. The Hall–Kier alpha value is -2.57. The van der Waals surface area contributed by atoms with Crippen LogP contribution >= 0.6 is 0 Å². The number of alkyl halides is 3. The summed E-state index contributed by atoms with van der Waals surface area (Å²) in [6, 6.07) is 7.50. The molecule has 158 valence electrons. The van der Waals surface area contributed by atoms with Gasteiger partial charge in [0.25, 0.3) is 10.2 Å². The van der Waals surface area contributed by atoms with Crippen molar-refractivity contribution < 1.29 is 26.3 Å². The van der Waals surface area contributed by atoms with Crippen LogP contribution in [-0.4, -0.2) is 43.9 Å². The maximum Gasteiger partial charge on any atom is 0.573 e. The second-order valence-corrected chi connectivity index (χ2v) is 7.98. The maximum atomic E-state index is 12.3. The Morgan fingerprint density at radius 1 is 1.28 bits per heavy atom. The molecule has 8 nitrogen and oxygen atoms in total. The fourth-order valence-electron chi connectivity index (χ4n) is 3.13. The largest absolute Gasteiger partial charge is 0.573 e. The van der Waals surface area contributed by atoms with Crippen molar-refractivity contribution >= 4 is 21.6 Å². The summed E-state index contributed by atoms with van der Waals surface area (Å²) in [6.07, 6.45) is -1.78. The predicted molar refractivity (Wildman–Crippen MR) is 101 cm³/mol. The van der Waals surface area contributed by atoms with Gasteiger partial charge in [0.15, 0.2) is 0 Å². The molecule has 3 N–H and O–H groups in total. The van der Waals surface area contributed by atoms with Gasteiger partial charge in [0.1, 0.15) is 5.75 Å². The number of halogens is 3. The average molecular weight is 431 g/mol. The summed E-state index contributed by atoms with van der Waals surface area (Å²) in [6.45, 7) is 3.61. The van der Waals surface area contributed by atoms with Gasteiger partial charge in [-0.3, -0.25) is 14.6 Å². The Labute approximate surface area is 166 Å². The molecule has 12 heteroatoms. The molecule has 1 unspecified atom stereocenters. The van der Waals surface area contributed by atoms with E-state index < -0.39 is 16.6 Å². The lowest BCUT2D eigenvalue weighted by atomic mass is 10.2. The second-order valence-electron chi connectivity index (χ2n) is 6.68. The van der Waals surface area contributed by atoms with Crippen LogP contribution in [0.5, 0.6) is 5.75 Å². The third-order valence-electron chi connectivity index (χ3n) is 4.43. The van der Waals surface area contributed by atoms with Gasteiger partial charge in [-0.15, -0.1) is 13.2 Å². The summed E-state index contributed by atoms with van der Waals surface area (Å²) < 4.78 is 65.7. The molecule has 2 aromatic rings. The molecule has 1 saturated heterocycles. The second kappa shape index (κ2) is 8.05. The zero-order valence-corrected chi connectivity index (χ0v) is 16.2. The summed E-state index contributed by atoms with van der Waals surface area (Å²) in [4.78, 5) is 8.03.